The Hall–Kier alpha value is -2.37. The van der Waals surface area contributed by atoms with Crippen LogP contribution in [-0.2, 0) is 6.42 Å². The molecule has 0 radical (unpaired) electrons. The Balaban J connectivity index is 2.67. The third-order valence-corrected chi connectivity index (χ3v) is 2.76. The Morgan fingerprint density at radius 3 is 2.53 bits per heavy atom. The highest BCUT2D eigenvalue weighted by Gasteiger charge is 2.18. The maximum absolute atomic E-state index is 11.2. The first-order valence-electron chi connectivity index (χ1n) is 5.87. The summed E-state index contributed by atoms with van der Waals surface area (Å²) >= 11 is 0. The molecule has 0 unspecified atom stereocenters. The van der Waals surface area contributed by atoms with E-state index in [2.05, 4.69) is 4.98 Å². The first kappa shape index (κ1) is 13.1. The number of pyridine rings is 1. The SMILES string of the molecule is CC(C)Cc1nc(C(=O)O)c2cc(C(=O)O)ccn12. The van der Waals surface area contributed by atoms with Crippen molar-refractivity contribution in [2.24, 2.45) is 5.92 Å². The monoisotopic (exact) mass is 262 g/mol. The lowest BCUT2D eigenvalue weighted by Crippen LogP contribution is -2.02. The molecule has 0 atom stereocenters. The summed E-state index contributed by atoms with van der Waals surface area (Å²) in [7, 11) is 0. The molecule has 100 valence electrons. The molecule has 0 saturated carbocycles. The molecule has 2 heterocycles. The first-order valence-corrected chi connectivity index (χ1v) is 5.87. The van der Waals surface area contributed by atoms with Crippen molar-refractivity contribution in [2.75, 3.05) is 0 Å². The molecule has 0 aliphatic carbocycles. The fourth-order valence-corrected chi connectivity index (χ4v) is 1.95. The minimum atomic E-state index is -1.16. The maximum Gasteiger partial charge on any atom is 0.356 e. The van der Waals surface area contributed by atoms with Crippen LogP contribution >= 0.6 is 0 Å². The van der Waals surface area contributed by atoms with E-state index in [-0.39, 0.29) is 11.3 Å². The summed E-state index contributed by atoms with van der Waals surface area (Å²) in [6.45, 7) is 4.01. The van der Waals surface area contributed by atoms with Gasteiger partial charge in [0.15, 0.2) is 5.69 Å². The predicted octanol–water partition coefficient (Wildman–Crippen LogP) is 1.93. The van der Waals surface area contributed by atoms with Gasteiger partial charge in [0.1, 0.15) is 5.82 Å². The highest BCUT2D eigenvalue weighted by molar-refractivity contribution is 5.96. The van der Waals surface area contributed by atoms with Crippen molar-refractivity contribution in [3.05, 3.63) is 35.4 Å². The normalized spacial score (nSPS) is 11.1. The number of nitrogens with zero attached hydrogens (tertiary/aromatic N) is 2. The molecule has 0 bridgehead atoms. The van der Waals surface area contributed by atoms with Gasteiger partial charge in [0.05, 0.1) is 11.1 Å². The summed E-state index contributed by atoms with van der Waals surface area (Å²) in [5.74, 6) is -1.30. The van der Waals surface area contributed by atoms with Crippen molar-refractivity contribution in [3.8, 4) is 0 Å². The Kier molecular flexibility index (Phi) is 3.25. The molecule has 2 aromatic rings. The smallest absolute Gasteiger partial charge is 0.356 e. The van der Waals surface area contributed by atoms with Gasteiger partial charge in [-0.1, -0.05) is 13.8 Å². The molecule has 2 rings (SSSR count). The van der Waals surface area contributed by atoms with E-state index < -0.39 is 11.9 Å². The zero-order chi connectivity index (χ0) is 14.2. The molecule has 0 aliphatic heterocycles. The Labute approximate surface area is 109 Å². The van der Waals surface area contributed by atoms with Crippen molar-refractivity contribution in [1.82, 2.24) is 9.38 Å². The topological polar surface area (TPSA) is 91.9 Å². The number of carboxylic acids is 2. The van der Waals surface area contributed by atoms with Crippen LogP contribution in [0.3, 0.4) is 0 Å². The molecule has 6 nitrogen and oxygen atoms in total. The Morgan fingerprint density at radius 2 is 2.00 bits per heavy atom. The summed E-state index contributed by atoms with van der Waals surface area (Å²) in [4.78, 5) is 26.2. The molecule has 0 aliphatic rings. The molecule has 2 aromatic heterocycles. The Morgan fingerprint density at radius 1 is 1.32 bits per heavy atom. The molecule has 0 fully saturated rings. The van der Waals surface area contributed by atoms with E-state index >= 15 is 0 Å². The molecule has 0 amide bonds. The minimum Gasteiger partial charge on any atom is -0.478 e. The van der Waals surface area contributed by atoms with Gasteiger partial charge in [-0.25, -0.2) is 14.6 Å². The van der Waals surface area contributed by atoms with Gasteiger partial charge in [-0.2, -0.15) is 0 Å². The van der Waals surface area contributed by atoms with Crippen molar-refractivity contribution < 1.29 is 19.8 Å². The average Bonchev–Trinajstić information content (AvgIpc) is 2.66. The van der Waals surface area contributed by atoms with E-state index in [0.717, 1.165) is 0 Å². The van der Waals surface area contributed by atoms with Crippen molar-refractivity contribution in [2.45, 2.75) is 20.3 Å². The minimum absolute atomic E-state index is 0.0472. The number of aromatic nitrogens is 2. The van der Waals surface area contributed by atoms with Crippen molar-refractivity contribution in [1.29, 1.82) is 0 Å². The number of fused-ring (bicyclic) bond motifs is 1. The lowest BCUT2D eigenvalue weighted by atomic mass is 10.1. The summed E-state index contributed by atoms with van der Waals surface area (Å²) < 4.78 is 1.63. The van der Waals surface area contributed by atoms with Crippen LogP contribution in [-0.4, -0.2) is 31.5 Å². The van der Waals surface area contributed by atoms with Gasteiger partial charge in [0, 0.05) is 12.6 Å². The van der Waals surface area contributed by atoms with Crippen LogP contribution in [0.4, 0.5) is 0 Å². The summed E-state index contributed by atoms with van der Waals surface area (Å²) in [6.07, 6.45) is 2.18. The average molecular weight is 262 g/mol. The zero-order valence-electron chi connectivity index (χ0n) is 10.6. The van der Waals surface area contributed by atoms with Gasteiger partial charge in [0.2, 0.25) is 0 Å². The molecule has 19 heavy (non-hydrogen) atoms. The van der Waals surface area contributed by atoms with E-state index in [0.29, 0.717) is 23.7 Å². The second kappa shape index (κ2) is 4.72. The van der Waals surface area contributed by atoms with Gasteiger partial charge in [-0.15, -0.1) is 0 Å². The molecular formula is C13H14N2O4. The van der Waals surface area contributed by atoms with Crippen LogP contribution in [0.1, 0.15) is 40.5 Å². The Bertz CT molecular complexity index is 658. The molecule has 2 N–H and O–H groups in total. The highest BCUT2D eigenvalue weighted by Crippen LogP contribution is 2.18. The summed E-state index contributed by atoms with van der Waals surface area (Å²) in [6, 6.07) is 2.77. The van der Waals surface area contributed by atoms with Gasteiger partial charge in [-0.3, -0.25) is 0 Å². The quantitative estimate of drug-likeness (QED) is 0.878. The van der Waals surface area contributed by atoms with E-state index in [1.807, 2.05) is 13.8 Å². The molecular weight excluding hydrogens is 248 g/mol. The second-order valence-electron chi connectivity index (χ2n) is 4.76. The van der Waals surface area contributed by atoms with Crippen LogP contribution in [0.2, 0.25) is 0 Å². The number of carboxylic acid groups (broad SMARTS) is 2. The fourth-order valence-electron chi connectivity index (χ4n) is 1.95. The van der Waals surface area contributed by atoms with E-state index in [1.165, 1.54) is 12.1 Å². The number of aromatic carboxylic acids is 2. The largest absolute Gasteiger partial charge is 0.478 e. The van der Waals surface area contributed by atoms with Crippen LogP contribution in [0.25, 0.3) is 5.52 Å². The van der Waals surface area contributed by atoms with E-state index in [4.69, 9.17) is 10.2 Å². The van der Waals surface area contributed by atoms with Crippen LogP contribution in [0.15, 0.2) is 18.3 Å². The molecule has 6 heteroatoms. The number of hydrogen-bond acceptors (Lipinski definition) is 3. The number of imidazole rings is 1. The maximum atomic E-state index is 11.2. The van der Waals surface area contributed by atoms with Crippen LogP contribution in [0.5, 0.6) is 0 Å². The predicted molar refractivity (Wildman–Crippen MR) is 67.7 cm³/mol. The summed E-state index contributed by atoms with van der Waals surface area (Å²) in [5, 5.41) is 18.1. The first-order chi connectivity index (χ1) is 8.90. The van der Waals surface area contributed by atoms with Crippen molar-refractivity contribution in [3.63, 3.8) is 0 Å². The lowest BCUT2D eigenvalue weighted by Gasteiger charge is -2.04. The zero-order valence-corrected chi connectivity index (χ0v) is 10.6. The molecule has 0 aromatic carbocycles. The second-order valence-corrected chi connectivity index (χ2v) is 4.76. The van der Waals surface area contributed by atoms with Crippen LogP contribution in [0, 0.1) is 5.92 Å². The molecule has 0 spiro atoms. The summed E-state index contributed by atoms with van der Waals surface area (Å²) in [5.41, 5.74) is 0.243. The third kappa shape index (κ3) is 2.42. The van der Waals surface area contributed by atoms with Gasteiger partial charge < -0.3 is 14.6 Å². The number of hydrogen-bond donors (Lipinski definition) is 2. The van der Waals surface area contributed by atoms with Gasteiger partial charge in [0.25, 0.3) is 0 Å². The van der Waals surface area contributed by atoms with Crippen LogP contribution < -0.4 is 0 Å². The van der Waals surface area contributed by atoms with Crippen molar-refractivity contribution >= 4 is 17.5 Å². The fraction of sp³-hybridized carbons (Fsp3) is 0.308. The number of carbonyl (C=O) groups is 2. The standard InChI is InChI=1S/C13H14N2O4/c1-7(2)5-10-14-11(13(18)19)9-6-8(12(16)17)3-4-15(9)10/h3-4,6-7H,5H2,1-2H3,(H,16,17)(H,18,19). The number of rotatable bonds is 4. The highest BCUT2D eigenvalue weighted by atomic mass is 16.4. The van der Waals surface area contributed by atoms with E-state index in [1.54, 1.807) is 10.6 Å². The lowest BCUT2D eigenvalue weighted by molar-refractivity contribution is 0.0682. The molecule has 0 saturated heterocycles. The van der Waals surface area contributed by atoms with Gasteiger partial charge >= 0.3 is 11.9 Å². The van der Waals surface area contributed by atoms with Gasteiger partial charge in [-0.05, 0) is 18.1 Å². The third-order valence-electron chi connectivity index (χ3n) is 2.76. The van der Waals surface area contributed by atoms with E-state index in [9.17, 15) is 9.59 Å².